The van der Waals surface area contributed by atoms with Crippen LogP contribution < -0.4 is 10.9 Å². The second-order valence-electron chi connectivity index (χ2n) is 6.21. The van der Waals surface area contributed by atoms with Crippen LogP contribution in [0.25, 0.3) is 15.9 Å². The van der Waals surface area contributed by atoms with E-state index in [1.165, 1.54) is 23.1 Å². The van der Waals surface area contributed by atoms with Gasteiger partial charge in [0, 0.05) is 5.69 Å². The van der Waals surface area contributed by atoms with Crippen molar-refractivity contribution < 1.29 is 4.79 Å². The molecule has 0 fully saturated rings. The van der Waals surface area contributed by atoms with E-state index in [2.05, 4.69) is 10.3 Å². The van der Waals surface area contributed by atoms with Crippen LogP contribution in [0.1, 0.15) is 5.56 Å². The van der Waals surface area contributed by atoms with Crippen LogP contribution in [-0.2, 0) is 4.79 Å². The molecule has 1 amide bonds. The Kier molecular flexibility index (Phi) is 5.27. The molecule has 2 heterocycles. The van der Waals surface area contributed by atoms with Gasteiger partial charge in [-0.15, -0.1) is 11.3 Å². The van der Waals surface area contributed by atoms with E-state index in [4.69, 9.17) is 0 Å². The Labute approximate surface area is 170 Å². The normalized spacial score (nSPS) is 10.9. The summed E-state index contributed by atoms with van der Waals surface area (Å²) in [5.41, 5.74) is 3.15. The van der Waals surface area contributed by atoms with Gasteiger partial charge >= 0.3 is 0 Å². The molecule has 0 saturated carbocycles. The van der Waals surface area contributed by atoms with Gasteiger partial charge in [0.25, 0.3) is 5.56 Å². The van der Waals surface area contributed by atoms with Crippen LogP contribution in [0.5, 0.6) is 0 Å². The summed E-state index contributed by atoms with van der Waals surface area (Å²) in [5.74, 6) is 0.0103. The van der Waals surface area contributed by atoms with Crippen LogP contribution in [0, 0.1) is 6.92 Å². The maximum atomic E-state index is 13.0. The second-order valence-corrected chi connectivity index (χ2v) is 8.07. The molecule has 2 aromatic heterocycles. The molecule has 140 valence electrons. The van der Waals surface area contributed by atoms with Crippen molar-refractivity contribution in [1.29, 1.82) is 0 Å². The average molecular weight is 408 g/mol. The number of hydrogen-bond acceptors (Lipinski definition) is 5. The zero-order chi connectivity index (χ0) is 19.5. The lowest BCUT2D eigenvalue weighted by atomic mass is 10.2. The van der Waals surface area contributed by atoms with Gasteiger partial charge in [0.15, 0.2) is 5.16 Å². The fourth-order valence-corrected chi connectivity index (χ4v) is 4.33. The first kappa shape index (κ1) is 18.5. The summed E-state index contributed by atoms with van der Waals surface area (Å²) in [6, 6.07) is 18.8. The molecule has 5 nitrogen and oxygen atoms in total. The molecule has 1 N–H and O–H groups in total. The molecule has 4 aromatic rings. The van der Waals surface area contributed by atoms with Crippen molar-refractivity contribution in [3.05, 3.63) is 82.0 Å². The van der Waals surface area contributed by atoms with Crippen molar-refractivity contribution in [3.8, 4) is 5.69 Å². The summed E-state index contributed by atoms with van der Waals surface area (Å²) in [4.78, 5) is 30.0. The topological polar surface area (TPSA) is 64.0 Å². The first-order valence-corrected chi connectivity index (χ1v) is 10.5. The number of amides is 1. The number of para-hydroxylation sites is 1. The number of aromatic nitrogens is 2. The highest BCUT2D eigenvalue weighted by Crippen LogP contribution is 2.23. The van der Waals surface area contributed by atoms with Crippen LogP contribution >= 0.6 is 23.1 Å². The van der Waals surface area contributed by atoms with E-state index in [0.717, 1.165) is 16.9 Å². The molecule has 0 unspecified atom stereocenters. The summed E-state index contributed by atoms with van der Waals surface area (Å²) >= 11 is 2.62. The lowest BCUT2D eigenvalue weighted by Crippen LogP contribution is -2.22. The predicted octanol–water partition coefficient (Wildman–Crippen LogP) is 4.49. The summed E-state index contributed by atoms with van der Waals surface area (Å²) in [6.07, 6.45) is 0. The Morgan fingerprint density at radius 1 is 1.11 bits per heavy atom. The second kappa shape index (κ2) is 8.00. The largest absolute Gasteiger partial charge is 0.325 e. The van der Waals surface area contributed by atoms with Gasteiger partial charge in [-0.05, 0) is 42.6 Å². The minimum Gasteiger partial charge on any atom is -0.325 e. The van der Waals surface area contributed by atoms with Crippen LogP contribution in [0.15, 0.2) is 76.0 Å². The highest BCUT2D eigenvalue weighted by Gasteiger charge is 2.15. The molecule has 0 aliphatic heterocycles. The molecular formula is C21H17N3O2S2. The third-order valence-electron chi connectivity index (χ3n) is 4.13. The highest BCUT2D eigenvalue weighted by atomic mass is 32.2. The van der Waals surface area contributed by atoms with E-state index in [1.54, 1.807) is 4.57 Å². The van der Waals surface area contributed by atoms with Crippen molar-refractivity contribution in [1.82, 2.24) is 9.55 Å². The van der Waals surface area contributed by atoms with Gasteiger partial charge in [0.05, 0.1) is 17.0 Å². The quantitative estimate of drug-likeness (QED) is 0.391. The zero-order valence-corrected chi connectivity index (χ0v) is 16.7. The van der Waals surface area contributed by atoms with E-state index in [1.807, 2.05) is 73.0 Å². The number of carbonyl (C=O) groups excluding carboxylic acids is 1. The number of benzene rings is 2. The van der Waals surface area contributed by atoms with Gasteiger partial charge in [-0.3, -0.25) is 14.2 Å². The Morgan fingerprint density at radius 3 is 2.61 bits per heavy atom. The molecular weight excluding hydrogens is 390 g/mol. The van der Waals surface area contributed by atoms with Gasteiger partial charge in [0.1, 0.15) is 4.70 Å². The number of nitrogens with zero attached hydrogens (tertiary/aromatic N) is 2. The van der Waals surface area contributed by atoms with Gasteiger partial charge in [0.2, 0.25) is 5.91 Å². The minimum absolute atomic E-state index is 0.118. The van der Waals surface area contributed by atoms with Crippen LogP contribution in [0.4, 0.5) is 5.69 Å². The molecule has 0 bridgehead atoms. The van der Waals surface area contributed by atoms with E-state index in [-0.39, 0.29) is 17.2 Å². The van der Waals surface area contributed by atoms with Gasteiger partial charge in [-0.1, -0.05) is 47.7 Å². The molecule has 0 aliphatic rings. The molecule has 28 heavy (non-hydrogen) atoms. The Morgan fingerprint density at radius 2 is 1.86 bits per heavy atom. The summed E-state index contributed by atoms with van der Waals surface area (Å²) in [6.45, 7) is 2.00. The third-order valence-corrected chi connectivity index (χ3v) is 5.96. The Bertz CT molecular complexity index is 1180. The molecule has 0 spiro atoms. The zero-order valence-electron chi connectivity index (χ0n) is 15.1. The molecule has 0 aliphatic carbocycles. The molecule has 0 radical (unpaired) electrons. The SMILES string of the molecule is Cc1ccc(NC(=O)CSc2nc3ccsc3c(=O)n2-c2ccccc2)cc1. The number of hydrogen-bond donors (Lipinski definition) is 1. The maximum Gasteiger partial charge on any atom is 0.276 e. The fourth-order valence-electron chi connectivity index (χ4n) is 2.76. The minimum atomic E-state index is -0.145. The molecule has 7 heteroatoms. The monoisotopic (exact) mass is 407 g/mol. The number of rotatable bonds is 5. The molecule has 4 rings (SSSR count). The van der Waals surface area contributed by atoms with E-state index < -0.39 is 0 Å². The fraction of sp³-hybridized carbons (Fsp3) is 0.0952. The van der Waals surface area contributed by atoms with Gasteiger partial charge < -0.3 is 5.32 Å². The van der Waals surface area contributed by atoms with Crippen molar-refractivity contribution in [2.45, 2.75) is 12.1 Å². The predicted molar refractivity (Wildman–Crippen MR) is 116 cm³/mol. The Hall–Kier alpha value is -2.90. The van der Waals surface area contributed by atoms with Crippen LogP contribution in [0.2, 0.25) is 0 Å². The number of anilines is 1. The van der Waals surface area contributed by atoms with Crippen LogP contribution in [0.3, 0.4) is 0 Å². The lowest BCUT2D eigenvalue weighted by molar-refractivity contribution is -0.113. The van der Waals surface area contributed by atoms with E-state index in [9.17, 15) is 9.59 Å². The van der Waals surface area contributed by atoms with Crippen molar-refractivity contribution in [2.75, 3.05) is 11.1 Å². The smallest absolute Gasteiger partial charge is 0.276 e. The number of aryl methyl sites for hydroxylation is 1. The van der Waals surface area contributed by atoms with Crippen molar-refractivity contribution in [3.63, 3.8) is 0 Å². The molecule has 0 atom stereocenters. The number of nitrogens with one attached hydrogen (secondary N) is 1. The van der Waals surface area contributed by atoms with Gasteiger partial charge in [-0.2, -0.15) is 0 Å². The average Bonchev–Trinajstić information content (AvgIpc) is 3.18. The third kappa shape index (κ3) is 3.85. The maximum absolute atomic E-state index is 13.0. The van der Waals surface area contributed by atoms with Crippen molar-refractivity contribution >= 4 is 44.9 Å². The number of thioether (sulfide) groups is 1. The lowest BCUT2D eigenvalue weighted by Gasteiger charge is -2.12. The highest BCUT2D eigenvalue weighted by molar-refractivity contribution is 7.99. The van der Waals surface area contributed by atoms with Crippen molar-refractivity contribution in [2.24, 2.45) is 0 Å². The van der Waals surface area contributed by atoms with E-state index in [0.29, 0.717) is 15.4 Å². The number of thiophene rings is 1. The number of fused-ring (bicyclic) bond motifs is 1. The van der Waals surface area contributed by atoms with Gasteiger partial charge in [-0.25, -0.2) is 4.98 Å². The molecule has 2 aromatic carbocycles. The summed E-state index contributed by atoms with van der Waals surface area (Å²) < 4.78 is 2.18. The molecule has 0 saturated heterocycles. The standard InChI is InChI=1S/C21H17N3O2S2/c1-14-7-9-15(10-8-14)22-18(25)13-28-21-23-17-11-12-27-19(17)20(26)24(21)16-5-3-2-4-6-16/h2-12H,13H2,1H3,(H,22,25). The number of carbonyl (C=O) groups is 1. The first-order valence-electron chi connectivity index (χ1n) is 8.67. The summed E-state index contributed by atoms with van der Waals surface area (Å²) in [7, 11) is 0. The Balaban J connectivity index is 1.61. The van der Waals surface area contributed by atoms with E-state index >= 15 is 0 Å². The van der Waals surface area contributed by atoms with Crippen LogP contribution in [-0.4, -0.2) is 21.2 Å². The first-order chi connectivity index (χ1) is 13.6. The summed E-state index contributed by atoms with van der Waals surface area (Å²) in [5, 5.41) is 5.23.